The largest absolute Gasteiger partial charge is 0.392 e. The standard InChI is InChI=1S/C35H44N4O4/c1-25-32(23-39-19-5-7-31(39)22-38-17-2-3-18-38)42-35(43-33(25)28-12-10-27(24-40)11-13-28)29-14-8-26(9-15-29)20-37-34(41)30-6-4-16-36-21-30/h4,6,8-16,21,25,31-33,35,40H,2-3,5,7,17-20,22-24H2,1H3,(H,37,41). The van der Waals surface area contributed by atoms with Crippen LogP contribution >= 0.6 is 0 Å². The van der Waals surface area contributed by atoms with Gasteiger partial charge in [0.25, 0.3) is 5.91 Å². The van der Waals surface area contributed by atoms with Crippen LogP contribution in [0.15, 0.2) is 73.1 Å². The zero-order valence-electron chi connectivity index (χ0n) is 25.1. The number of benzene rings is 2. The van der Waals surface area contributed by atoms with Gasteiger partial charge in [-0.1, -0.05) is 55.5 Å². The van der Waals surface area contributed by atoms with Gasteiger partial charge in [-0.05, 0) is 74.1 Å². The summed E-state index contributed by atoms with van der Waals surface area (Å²) in [6, 6.07) is 20.3. The number of hydrogen-bond donors (Lipinski definition) is 2. The average Bonchev–Trinajstić information content (AvgIpc) is 3.74. The van der Waals surface area contributed by atoms with Crippen molar-refractivity contribution in [3.8, 4) is 0 Å². The van der Waals surface area contributed by atoms with E-state index in [1.54, 1.807) is 24.5 Å². The van der Waals surface area contributed by atoms with E-state index in [1.807, 2.05) is 36.4 Å². The van der Waals surface area contributed by atoms with E-state index in [9.17, 15) is 9.90 Å². The van der Waals surface area contributed by atoms with Gasteiger partial charge in [0.1, 0.15) is 0 Å². The number of aromatic nitrogens is 1. The van der Waals surface area contributed by atoms with Gasteiger partial charge in [0.15, 0.2) is 6.29 Å². The Morgan fingerprint density at radius 2 is 1.67 bits per heavy atom. The second kappa shape index (κ2) is 14.1. The highest BCUT2D eigenvalue weighted by molar-refractivity contribution is 5.93. The minimum absolute atomic E-state index is 0.0129. The SMILES string of the molecule is CC1C(CN2CCCC2CN2CCCC2)OC(c2ccc(CNC(=O)c3cccnc3)cc2)OC1c1ccc(CO)cc1. The third kappa shape index (κ3) is 7.33. The Kier molecular flexibility index (Phi) is 9.81. The van der Waals surface area contributed by atoms with Crippen molar-refractivity contribution in [2.45, 2.75) is 70.3 Å². The van der Waals surface area contributed by atoms with E-state index in [4.69, 9.17) is 9.47 Å². The number of aliphatic hydroxyl groups is 1. The Morgan fingerprint density at radius 3 is 2.40 bits per heavy atom. The number of likely N-dealkylation sites (tertiary alicyclic amines) is 2. The van der Waals surface area contributed by atoms with Crippen molar-refractivity contribution in [2.24, 2.45) is 5.92 Å². The maximum atomic E-state index is 12.5. The minimum Gasteiger partial charge on any atom is -0.392 e. The summed E-state index contributed by atoms with van der Waals surface area (Å²) in [7, 11) is 0. The first-order valence-electron chi connectivity index (χ1n) is 15.8. The summed E-state index contributed by atoms with van der Waals surface area (Å²) in [5.41, 5.74) is 4.50. The molecule has 5 unspecified atom stereocenters. The third-order valence-electron chi connectivity index (χ3n) is 9.33. The fourth-order valence-electron chi connectivity index (χ4n) is 6.74. The summed E-state index contributed by atoms with van der Waals surface area (Å²) in [6.07, 6.45) is 7.74. The molecule has 43 heavy (non-hydrogen) atoms. The molecule has 4 heterocycles. The van der Waals surface area contributed by atoms with Crippen LogP contribution in [0.5, 0.6) is 0 Å². The molecule has 3 aliphatic heterocycles. The predicted octanol–water partition coefficient (Wildman–Crippen LogP) is 4.86. The molecule has 0 radical (unpaired) electrons. The smallest absolute Gasteiger partial charge is 0.253 e. The fourth-order valence-corrected chi connectivity index (χ4v) is 6.74. The van der Waals surface area contributed by atoms with E-state index in [1.165, 1.54) is 38.8 Å². The number of ether oxygens (including phenoxy) is 2. The van der Waals surface area contributed by atoms with Crippen molar-refractivity contribution in [3.63, 3.8) is 0 Å². The molecule has 3 fully saturated rings. The summed E-state index contributed by atoms with van der Waals surface area (Å²) in [6.45, 7) is 8.31. The van der Waals surface area contributed by atoms with Crippen molar-refractivity contribution in [1.82, 2.24) is 20.1 Å². The zero-order valence-corrected chi connectivity index (χ0v) is 25.1. The molecule has 2 aromatic carbocycles. The molecule has 8 heteroatoms. The topological polar surface area (TPSA) is 87.2 Å². The van der Waals surface area contributed by atoms with Gasteiger partial charge in [0.05, 0.1) is 24.4 Å². The number of nitrogens with one attached hydrogen (secondary N) is 1. The molecule has 8 nitrogen and oxygen atoms in total. The van der Waals surface area contributed by atoms with Crippen LogP contribution in [0, 0.1) is 5.92 Å². The second-order valence-corrected chi connectivity index (χ2v) is 12.3. The molecule has 1 amide bonds. The van der Waals surface area contributed by atoms with Gasteiger partial charge in [-0.25, -0.2) is 0 Å². The first-order valence-corrected chi connectivity index (χ1v) is 15.8. The molecule has 228 valence electrons. The van der Waals surface area contributed by atoms with Crippen LogP contribution in [0.25, 0.3) is 0 Å². The van der Waals surface area contributed by atoms with Gasteiger partial charge in [-0.3, -0.25) is 14.7 Å². The Hall–Kier alpha value is -3.14. The van der Waals surface area contributed by atoms with E-state index >= 15 is 0 Å². The Balaban J connectivity index is 1.16. The van der Waals surface area contributed by atoms with E-state index in [-0.39, 0.29) is 30.6 Å². The molecule has 3 saturated heterocycles. The van der Waals surface area contributed by atoms with Crippen LogP contribution in [0.3, 0.4) is 0 Å². The quantitative estimate of drug-likeness (QED) is 0.352. The van der Waals surface area contributed by atoms with Crippen molar-refractivity contribution in [2.75, 3.05) is 32.7 Å². The van der Waals surface area contributed by atoms with Crippen LogP contribution in [0.4, 0.5) is 0 Å². The van der Waals surface area contributed by atoms with Crippen molar-refractivity contribution < 1.29 is 19.4 Å². The summed E-state index contributed by atoms with van der Waals surface area (Å²) in [5, 5.41) is 12.5. The lowest BCUT2D eigenvalue weighted by Gasteiger charge is -2.43. The fraction of sp³-hybridized carbons (Fsp3) is 0.486. The number of pyridine rings is 1. The highest BCUT2D eigenvalue weighted by atomic mass is 16.7. The van der Waals surface area contributed by atoms with Crippen LogP contribution in [-0.2, 0) is 22.6 Å². The summed E-state index contributed by atoms with van der Waals surface area (Å²) < 4.78 is 13.4. The number of carbonyl (C=O) groups is 1. The zero-order chi connectivity index (χ0) is 29.6. The summed E-state index contributed by atoms with van der Waals surface area (Å²) in [4.78, 5) is 21.8. The van der Waals surface area contributed by atoms with Gasteiger partial charge >= 0.3 is 0 Å². The predicted molar refractivity (Wildman–Crippen MR) is 165 cm³/mol. The maximum Gasteiger partial charge on any atom is 0.253 e. The lowest BCUT2D eigenvalue weighted by molar-refractivity contribution is -0.276. The van der Waals surface area contributed by atoms with Gasteiger partial charge in [0.2, 0.25) is 0 Å². The van der Waals surface area contributed by atoms with Crippen LogP contribution in [0.1, 0.15) is 77.6 Å². The van der Waals surface area contributed by atoms with Gasteiger partial charge < -0.3 is 24.8 Å². The number of aliphatic hydroxyl groups excluding tert-OH is 1. The monoisotopic (exact) mass is 584 g/mol. The Bertz CT molecular complexity index is 1310. The molecular formula is C35H44N4O4. The molecule has 3 aromatic rings. The van der Waals surface area contributed by atoms with E-state index in [0.717, 1.165) is 41.9 Å². The summed E-state index contributed by atoms with van der Waals surface area (Å²) in [5.74, 6) is 0.0131. The van der Waals surface area contributed by atoms with Gasteiger partial charge in [-0.15, -0.1) is 0 Å². The molecule has 0 aliphatic carbocycles. The lowest BCUT2D eigenvalue weighted by Crippen LogP contribution is -2.48. The first-order chi connectivity index (χ1) is 21.1. The maximum absolute atomic E-state index is 12.5. The summed E-state index contributed by atoms with van der Waals surface area (Å²) >= 11 is 0. The van der Waals surface area contributed by atoms with E-state index in [0.29, 0.717) is 18.2 Å². The van der Waals surface area contributed by atoms with E-state index in [2.05, 4.69) is 39.2 Å². The normalized spacial score (nSPS) is 26.5. The molecule has 3 aliphatic rings. The van der Waals surface area contributed by atoms with Crippen LogP contribution in [-0.4, -0.2) is 70.7 Å². The number of rotatable bonds is 10. The number of hydrogen-bond acceptors (Lipinski definition) is 7. The molecular weight excluding hydrogens is 540 g/mol. The first kappa shape index (κ1) is 29.9. The van der Waals surface area contributed by atoms with Crippen molar-refractivity contribution in [3.05, 3.63) is 101 Å². The molecule has 6 rings (SSSR count). The molecule has 5 atom stereocenters. The van der Waals surface area contributed by atoms with Gasteiger partial charge in [-0.2, -0.15) is 0 Å². The number of nitrogens with zero attached hydrogens (tertiary/aromatic N) is 3. The number of carbonyl (C=O) groups excluding carboxylic acids is 1. The number of amides is 1. The third-order valence-corrected chi connectivity index (χ3v) is 9.33. The second-order valence-electron chi connectivity index (χ2n) is 12.3. The van der Waals surface area contributed by atoms with Crippen molar-refractivity contribution in [1.29, 1.82) is 0 Å². The van der Waals surface area contributed by atoms with Gasteiger partial charge in [0, 0.05) is 49.6 Å². The van der Waals surface area contributed by atoms with E-state index < -0.39 is 6.29 Å². The molecule has 0 spiro atoms. The average molecular weight is 585 g/mol. The highest BCUT2D eigenvalue weighted by Gasteiger charge is 2.40. The molecule has 1 aromatic heterocycles. The lowest BCUT2D eigenvalue weighted by atomic mass is 9.90. The molecule has 2 N–H and O–H groups in total. The van der Waals surface area contributed by atoms with Crippen LogP contribution in [0.2, 0.25) is 0 Å². The van der Waals surface area contributed by atoms with Crippen molar-refractivity contribution >= 4 is 5.91 Å². The molecule has 0 bridgehead atoms. The Morgan fingerprint density at radius 1 is 0.930 bits per heavy atom. The molecule has 0 saturated carbocycles. The van der Waals surface area contributed by atoms with Crippen LogP contribution < -0.4 is 5.32 Å². The highest BCUT2D eigenvalue weighted by Crippen LogP contribution is 2.42. The minimum atomic E-state index is -0.498. The Labute approximate surface area is 255 Å².